The van der Waals surface area contributed by atoms with Gasteiger partial charge in [-0.3, -0.25) is 0 Å². The number of benzene rings is 1. The Labute approximate surface area is 122 Å². The molecule has 21 heavy (non-hydrogen) atoms. The van der Waals surface area contributed by atoms with Gasteiger partial charge in [0.05, 0.1) is 30.2 Å². The number of rotatable bonds is 3. The van der Waals surface area contributed by atoms with Crippen LogP contribution in [0.5, 0.6) is 0 Å². The number of hydroxylamine groups is 1. The Bertz CT molecular complexity index is 678. The Kier molecular flexibility index (Phi) is 3.27. The van der Waals surface area contributed by atoms with E-state index in [0.717, 1.165) is 11.3 Å². The zero-order valence-electron chi connectivity index (χ0n) is 11.9. The molecule has 6 nitrogen and oxygen atoms in total. The van der Waals surface area contributed by atoms with Gasteiger partial charge in [-0.15, -0.1) is 0 Å². The van der Waals surface area contributed by atoms with Crippen LogP contribution < -0.4 is 5.48 Å². The highest BCUT2D eigenvalue weighted by molar-refractivity contribution is 5.93. The van der Waals surface area contributed by atoms with Crippen molar-refractivity contribution in [3.05, 3.63) is 53.6 Å². The lowest BCUT2D eigenvalue weighted by Crippen LogP contribution is -2.44. The summed E-state index contributed by atoms with van der Waals surface area (Å²) >= 11 is 0. The van der Waals surface area contributed by atoms with Crippen LogP contribution in [0.4, 0.5) is 0 Å². The SMILES string of the molecule is CC1(C)OC(=O)c2ccccc2C1n1cncc1CNO. The lowest BCUT2D eigenvalue weighted by molar-refractivity contribution is -0.0268. The Hall–Kier alpha value is -2.18. The standard InChI is InChI=1S/C15H17N3O3/c1-15(2)13(18-9-16-7-10(18)8-17-20)11-5-3-4-6-12(11)14(19)21-15/h3-7,9,13,17,20H,8H2,1-2H3. The molecule has 0 amide bonds. The predicted octanol–water partition coefficient (Wildman–Crippen LogP) is 1.90. The van der Waals surface area contributed by atoms with Crippen LogP contribution in [-0.2, 0) is 11.3 Å². The molecular formula is C15H17N3O3. The molecule has 0 fully saturated rings. The molecule has 110 valence electrons. The number of nitrogens with zero attached hydrogens (tertiary/aromatic N) is 2. The van der Waals surface area contributed by atoms with Gasteiger partial charge in [0.2, 0.25) is 0 Å². The van der Waals surface area contributed by atoms with E-state index in [1.807, 2.05) is 36.6 Å². The van der Waals surface area contributed by atoms with Gasteiger partial charge in [-0.05, 0) is 25.5 Å². The highest BCUT2D eigenvalue weighted by Gasteiger charge is 2.43. The number of hydrogen-bond donors (Lipinski definition) is 2. The largest absolute Gasteiger partial charge is 0.453 e. The van der Waals surface area contributed by atoms with Crippen LogP contribution in [0.25, 0.3) is 0 Å². The van der Waals surface area contributed by atoms with Crippen LogP contribution in [0.15, 0.2) is 36.8 Å². The molecule has 1 aromatic carbocycles. The number of cyclic esters (lactones) is 1. The summed E-state index contributed by atoms with van der Waals surface area (Å²) in [6, 6.07) is 7.22. The van der Waals surface area contributed by atoms with E-state index in [1.165, 1.54) is 0 Å². The molecule has 1 unspecified atom stereocenters. The molecule has 1 aliphatic heterocycles. The minimum absolute atomic E-state index is 0.197. The average Bonchev–Trinajstić information content (AvgIpc) is 2.86. The fraction of sp³-hybridized carbons (Fsp3) is 0.333. The lowest BCUT2D eigenvalue weighted by atomic mass is 9.85. The number of hydrogen-bond acceptors (Lipinski definition) is 5. The van der Waals surface area contributed by atoms with E-state index in [2.05, 4.69) is 10.5 Å². The van der Waals surface area contributed by atoms with Gasteiger partial charge < -0.3 is 14.5 Å². The van der Waals surface area contributed by atoms with Crippen molar-refractivity contribution >= 4 is 5.97 Å². The maximum absolute atomic E-state index is 12.1. The highest BCUT2D eigenvalue weighted by atomic mass is 16.6. The molecule has 0 saturated heterocycles. The number of carbonyl (C=O) groups excluding carboxylic acids is 1. The van der Waals surface area contributed by atoms with Crippen LogP contribution in [0.2, 0.25) is 0 Å². The van der Waals surface area contributed by atoms with E-state index in [4.69, 9.17) is 9.94 Å². The van der Waals surface area contributed by atoms with Gasteiger partial charge >= 0.3 is 5.97 Å². The van der Waals surface area contributed by atoms with Gasteiger partial charge in [0.25, 0.3) is 0 Å². The third-order valence-corrected chi connectivity index (χ3v) is 3.77. The highest BCUT2D eigenvalue weighted by Crippen LogP contribution is 2.40. The van der Waals surface area contributed by atoms with E-state index in [-0.39, 0.29) is 18.6 Å². The minimum atomic E-state index is -0.712. The number of carbonyl (C=O) groups is 1. The molecule has 0 radical (unpaired) electrons. The molecule has 0 spiro atoms. The third-order valence-electron chi connectivity index (χ3n) is 3.77. The van der Waals surface area contributed by atoms with Crippen LogP contribution >= 0.6 is 0 Å². The van der Waals surface area contributed by atoms with E-state index < -0.39 is 5.60 Å². The molecule has 0 bridgehead atoms. The first-order valence-corrected chi connectivity index (χ1v) is 6.74. The van der Waals surface area contributed by atoms with Crippen molar-refractivity contribution in [1.82, 2.24) is 15.0 Å². The monoisotopic (exact) mass is 287 g/mol. The van der Waals surface area contributed by atoms with Crippen molar-refractivity contribution in [1.29, 1.82) is 0 Å². The normalized spacial score (nSPS) is 20.0. The second-order valence-electron chi connectivity index (χ2n) is 5.61. The zero-order chi connectivity index (χ0) is 15.0. The number of ether oxygens (including phenoxy) is 1. The Morgan fingerprint density at radius 3 is 2.95 bits per heavy atom. The summed E-state index contributed by atoms with van der Waals surface area (Å²) in [6.07, 6.45) is 3.37. The molecule has 2 aromatic rings. The van der Waals surface area contributed by atoms with Crippen molar-refractivity contribution in [3.8, 4) is 0 Å². The van der Waals surface area contributed by atoms with E-state index >= 15 is 0 Å². The molecule has 2 N–H and O–H groups in total. The van der Waals surface area contributed by atoms with Crippen molar-refractivity contribution in [2.75, 3.05) is 0 Å². The van der Waals surface area contributed by atoms with E-state index in [1.54, 1.807) is 18.6 Å². The number of imidazole rings is 1. The maximum Gasteiger partial charge on any atom is 0.339 e. The molecule has 3 rings (SSSR count). The summed E-state index contributed by atoms with van der Waals surface area (Å²) in [6.45, 7) is 4.02. The van der Waals surface area contributed by atoms with Crippen molar-refractivity contribution < 1.29 is 14.7 Å². The lowest BCUT2D eigenvalue weighted by Gasteiger charge is -2.40. The van der Waals surface area contributed by atoms with Crippen LogP contribution in [0.3, 0.4) is 0 Å². The number of nitrogens with one attached hydrogen (secondary N) is 1. The molecule has 1 aliphatic rings. The van der Waals surface area contributed by atoms with Crippen LogP contribution in [0.1, 0.15) is 41.5 Å². The fourth-order valence-electron chi connectivity index (χ4n) is 2.91. The number of fused-ring (bicyclic) bond motifs is 1. The molecule has 6 heteroatoms. The molecule has 0 saturated carbocycles. The molecule has 0 aliphatic carbocycles. The average molecular weight is 287 g/mol. The smallest absolute Gasteiger partial charge is 0.339 e. The molecule has 1 aromatic heterocycles. The topological polar surface area (TPSA) is 76.4 Å². The second-order valence-corrected chi connectivity index (χ2v) is 5.61. The molecular weight excluding hydrogens is 270 g/mol. The predicted molar refractivity (Wildman–Crippen MR) is 74.9 cm³/mol. The van der Waals surface area contributed by atoms with Crippen molar-refractivity contribution in [2.45, 2.75) is 32.0 Å². The summed E-state index contributed by atoms with van der Waals surface area (Å²) in [5.41, 5.74) is 3.70. The molecule has 1 atom stereocenters. The number of aromatic nitrogens is 2. The first-order valence-electron chi connectivity index (χ1n) is 6.74. The summed E-state index contributed by atoms with van der Waals surface area (Å²) in [4.78, 5) is 16.3. The van der Waals surface area contributed by atoms with E-state index in [9.17, 15) is 4.79 Å². The van der Waals surface area contributed by atoms with Crippen molar-refractivity contribution in [2.24, 2.45) is 0 Å². The molecule has 2 heterocycles. The van der Waals surface area contributed by atoms with Gasteiger partial charge in [-0.2, -0.15) is 5.48 Å². The quantitative estimate of drug-likeness (QED) is 0.666. The maximum atomic E-state index is 12.1. The minimum Gasteiger partial charge on any atom is -0.453 e. The zero-order valence-corrected chi connectivity index (χ0v) is 11.9. The first-order chi connectivity index (χ1) is 10.0. The third kappa shape index (κ3) is 2.22. The Morgan fingerprint density at radius 1 is 1.43 bits per heavy atom. The van der Waals surface area contributed by atoms with Crippen LogP contribution in [0, 0.1) is 0 Å². The second kappa shape index (κ2) is 4.98. The Morgan fingerprint density at radius 2 is 2.19 bits per heavy atom. The first kappa shape index (κ1) is 13.8. The fourth-order valence-corrected chi connectivity index (χ4v) is 2.91. The summed E-state index contributed by atoms with van der Waals surface area (Å²) < 4.78 is 7.52. The number of esters is 1. The summed E-state index contributed by atoms with van der Waals surface area (Å²) in [7, 11) is 0. The van der Waals surface area contributed by atoms with Gasteiger partial charge in [-0.1, -0.05) is 18.2 Å². The van der Waals surface area contributed by atoms with E-state index in [0.29, 0.717) is 5.56 Å². The summed E-state index contributed by atoms with van der Waals surface area (Å²) in [5.74, 6) is -0.311. The van der Waals surface area contributed by atoms with Gasteiger partial charge in [0.1, 0.15) is 5.60 Å². The van der Waals surface area contributed by atoms with Gasteiger partial charge in [-0.25, -0.2) is 9.78 Å². The summed E-state index contributed by atoms with van der Waals surface area (Å²) in [5, 5.41) is 8.95. The van der Waals surface area contributed by atoms with Gasteiger partial charge in [0, 0.05) is 6.20 Å². The van der Waals surface area contributed by atoms with Gasteiger partial charge in [0.15, 0.2) is 0 Å². The van der Waals surface area contributed by atoms with Crippen LogP contribution in [-0.4, -0.2) is 26.3 Å². The van der Waals surface area contributed by atoms with Crippen molar-refractivity contribution in [3.63, 3.8) is 0 Å². The Balaban J connectivity index is 2.17.